The van der Waals surface area contributed by atoms with Gasteiger partial charge in [-0.15, -0.1) is 13.1 Å². The van der Waals surface area contributed by atoms with Crippen molar-refractivity contribution in [3.8, 4) is 0 Å². The van der Waals surface area contributed by atoms with Crippen LogP contribution in [-0.4, -0.2) is 16.5 Å². The molecule has 75 valence electrons. The van der Waals surface area contributed by atoms with Crippen molar-refractivity contribution in [2.24, 2.45) is 0 Å². The van der Waals surface area contributed by atoms with Gasteiger partial charge in [-0.2, -0.15) is 0 Å². The molecule has 0 amide bonds. The summed E-state index contributed by atoms with van der Waals surface area (Å²) in [7, 11) is 0. The Morgan fingerprint density at radius 2 is 2.08 bits per heavy atom. The van der Waals surface area contributed by atoms with Crippen LogP contribution in [0, 0.1) is 6.92 Å². The molecule has 0 aliphatic carbocycles. The summed E-state index contributed by atoms with van der Waals surface area (Å²) in [5, 5.41) is 4.25. The molecule has 1 radical (unpaired) electrons. The summed E-state index contributed by atoms with van der Waals surface area (Å²) >= 11 is 0. The maximum absolute atomic E-state index is 4.30. The molecule has 4 heteroatoms. The number of aromatic nitrogens is 2. The fraction of sp³-hybridized carbons (Fsp3) is 0.667. The van der Waals surface area contributed by atoms with Crippen LogP contribution in [0.15, 0.2) is 0 Å². The number of imidazole rings is 1. The van der Waals surface area contributed by atoms with Gasteiger partial charge in [0, 0.05) is 11.4 Å². The van der Waals surface area contributed by atoms with Crippen molar-refractivity contribution in [3.63, 3.8) is 0 Å². The first-order valence-corrected chi connectivity index (χ1v) is 4.54. The molecule has 0 saturated heterocycles. The van der Waals surface area contributed by atoms with Gasteiger partial charge < -0.3 is 10.3 Å². The first kappa shape index (κ1) is 12.8. The molecule has 0 aromatic carbocycles. The standard InChI is InChI=1S/C7H10N3.C2H6.Ru/c1-5-9-6-2-3-8-4-7(6)10-5;1-2;/h2-4H2,1H3,(H,9,10);1-2H3;/q-1;;+1. The van der Waals surface area contributed by atoms with E-state index in [1.807, 2.05) is 20.8 Å². The molecule has 0 atom stereocenters. The van der Waals surface area contributed by atoms with E-state index in [1.165, 1.54) is 5.69 Å². The Hall–Kier alpha value is -0.207. The van der Waals surface area contributed by atoms with E-state index in [0.29, 0.717) is 0 Å². The Balaban J connectivity index is 0.000000451. The molecular formula is C9H16N3Ru. The molecule has 13 heavy (non-hydrogen) atoms. The molecule has 1 N–H and O–H groups in total. The minimum atomic E-state index is 0. The Morgan fingerprint density at radius 1 is 1.38 bits per heavy atom. The van der Waals surface area contributed by atoms with Crippen LogP contribution >= 0.6 is 0 Å². The normalized spacial score (nSPS) is 13.5. The minimum absolute atomic E-state index is 0. The number of aromatic amines is 1. The molecule has 2 heterocycles. The van der Waals surface area contributed by atoms with E-state index in [2.05, 4.69) is 15.3 Å². The number of fused-ring (bicyclic) bond motifs is 1. The van der Waals surface area contributed by atoms with Crippen LogP contribution in [0.5, 0.6) is 0 Å². The zero-order chi connectivity index (χ0) is 8.97. The number of H-pyrrole nitrogens is 1. The van der Waals surface area contributed by atoms with E-state index in [4.69, 9.17) is 0 Å². The second-order valence-electron chi connectivity index (χ2n) is 2.60. The third-order valence-corrected chi connectivity index (χ3v) is 1.76. The molecule has 1 aliphatic rings. The number of hydrogen-bond acceptors (Lipinski definition) is 1. The zero-order valence-corrected chi connectivity index (χ0v) is 10.1. The SMILES string of the molecule is CC.Cc1nc2c([nH]1)CC[N-]C2.[Ru+]. The van der Waals surface area contributed by atoms with Crippen LogP contribution < -0.4 is 0 Å². The van der Waals surface area contributed by atoms with Gasteiger partial charge in [0.2, 0.25) is 0 Å². The molecule has 0 saturated carbocycles. The van der Waals surface area contributed by atoms with Crippen molar-refractivity contribution in [1.82, 2.24) is 9.97 Å². The summed E-state index contributed by atoms with van der Waals surface area (Å²) < 4.78 is 0. The van der Waals surface area contributed by atoms with E-state index < -0.39 is 0 Å². The molecule has 0 bridgehead atoms. The smallest absolute Gasteiger partial charge is 0.657 e. The van der Waals surface area contributed by atoms with Gasteiger partial charge in [-0.25, -0.2) is 4.98 Å². The molecular weight excluding hydrogens is 251 g/mol. The van der Waals surface area contributed by atoms with Crippen molar-refractivity contribution in [1.29, 1.82) is 0 Å². The van der Waals surface area contributed by atoms with Crippen LogP contribution in [0.2, 0.25) is 0 Å². The summed E-state index contributed by atoms with van der Waals surface area (Å²) in [6, 6.07) is 0. The van der Waals surface area contributed by atoms with Crippen molar-refractivity contribution in [2.75, 3.05) is 6.54 Å². The average Bonchev–Trinajstić information content (AvgIpc) is 2.48. The van der Waals surface area contributed by atoms with Gasteiger partial charge >= 0.3 is 19.5 Å². The fourth-order valence-electron chi connectivity index (χ4n) is 1.30. The van der Waals surface area contributed by atoms with Gasteiger partial charge in [-0.3, -0.25) is 0 Å². The Morgan fingerprint density at radius 3 is 2.69 bits per heavy atom. The van der Waals surface area contributed by atoms with Gasteiger partial charge in [0.1, 0.15) is 5.82 Å². The largest absolute Gasteiger partial charge is 1.00 e. The van der Waals surface area contributed by atoms with Crippen LogP contribution in [0.1, 0.15) is 31.1 Å². The Labute approximate surface area is 92.5 Å². The summed E-state index contributed by atoms with van der Waals surface area (Å²) in [4.78, 5) is 7.53. The summed E-state index contributed by atoms with van der Waals surface area (Å²) in [5.74, 6) is 1.02. The summed E-state index contributed by atoms with van der Waals surface area (Å²) in [6.07, 6.45) is 1.04. The van der Waals surface area contributed by atoms with Crippen molar-refractivity contribution in [3.05, 3.63) is 22.5 Å². The van der Waals surface area contributed by atoms with Gasteiger partial charge in [0.05, 0.1) is 0 Å². The number of nitrogens with one attached hydrogen (secondary N) is 1. The second-order valence-corrected chi connectivity index (χ2v) is 2.60. The third kappa shape index (κ3) is 3.20. The van der Waals surface area contributed by atoms with E-state index in [-0.39, 0.29) is 19.5 Å². The fourth-order valence-corrected chi connectivity index (χ4v) is 1.30. The molecule has 1 aliphatic heterocycles. The van der Waals surface area contributed by atoms with E-state index in [0.717, 1.165) is 31.0 Å². The van der Waals surface area contributed by atoms with Crippen LogP contribution in [-0.2, 0) is 32.4 Å². The van der Waals surface area contributed by atoms with Crippen LogP contribution in [0.3, 0.4) is 0 Å². The van der Waals surface area contributed by atoms with Crippen molar-refractivity contribution < 1.29 is 19.5 Å². The van der Waals surface area contributed by atoms with E-state index >= 15 is 0 Å². The first-order chi connectivity index (χ1) is 5.86. The van der Waals surface area contributed by atoms with Crippen LogP contribution in [0.25, 0.3) is 5.32 Å². The summed E-state index contributed by atoms with van der Waals surface area (Å²) in [6.45, 7) is 7.74. The predicted molar refractivity (Wildman–Crippen MR) is 50.3 cm³/mol. The minimum Gasteiger partial charge on any atom is -0.657 e. The molecule has 3 nitrogen and oxygen atoms in total. The van der Waals surface area contributed by atoms with E-state index in [1.54, 1.807) is 0 Å². The molecule has 1 aromatic heterocycles. The van der Waals surface area contributed by atoms with Gasteiger partial charge in [0.25, 0.3) is 0 Å². The third-order valence-electron chi connectivity index (χ3n) is 1.76. The second kappa shape index (κ2) is 6.28. The quantitative estimate of drug-likeness (QED) is 0.719. The number of nitrogens with zero attached hydrogens (tertiary/aromatic N) is 2. The summed E-state index contributed by atoms with van der Waals surface area (Å²) in [5.41, 5.74) is 2.43. The number of rotatable bonds is 0. The molecule has 0 unspecified atom stereocenters. The van der Waals surface area contributed by atoms with Gasteiger partial charge in [-0.1, -0.05) is 13.8 Å². The van der Waals surface area contributed by atoms with Crippen LogP contribution in [0.4, 0.5) is 0 Å². The Kier molecular flexibility index (Phi) is 6.18. The van der Waals surface area contributed by atoms with Crippen molar-refractivity contribution in [2.45, 2.75) is 33.7 Å². The topological polar surface area (TPSA) is 42.8 Å². The Bertz CT molecular complexity index is 222. The van der Waals surface area contributed by atoms with Gasteiger partial charge in [-0.05, 0) is 13.3 Å². The molecule has 0 fully saturated rings. The van der Waals surface area contributed by atoms with E-state index in [9.17, 15) is 0 Å². The number of aryl methyl sites for hydroxylation is 1. The monoisotopic (exact) mass is 268 g/mol. The number of hydrogen-bond donors (Lipinski definition) is 1. The average molecular weight is 267 g/mol. The maximum atomic E-state index is 4.30. The first-order valence-electron chi connectivity index (χ1n) is 4.54. The predicted octanol–water partition coefficient (Wildman–Crippen LogP) is 2.17. The zero-order valence-electron chi connectivity index (χ0n) is 8.37. The molecule has 0 spiro atoms. The molecule has 2 rings (SSSR count). The van der Waals surface area contributed by atoms with Gasteiger partial charge in [0.15, 0.2) is 0 Å². The molecule has 1 aromatic rings. The maximum Gasteiger partial charge on any atom is 1.00 e. The van der Waals surface area contributed by atoms with Crippen molar-refractivity contribution >= 4 is 0 Å².